The molecule has 0 bridgehead atoms. The molecule has 0 aliphatic carbocycles. The van der Waals surface area contributed by atoms with Crippen LogP contribution in [-0.2, 0) is 21.7 Å². The van der Waals surface area contributed by atoms with Crippen LogP contribution in [0.15, 0.2) is 84.9 Å². The molecule has 4 aromatic carbocycles. The van der Waals surface area contributed by atoms with Crippen LogP contribution in [0.5, 0.6) is 0 Å². The van der Waals surface area contributed by atoms with Crippen LogP contribution in [0.4, 0.5) is 28.9 Å². The Labute approximate surface area is 267 Å². The first-order valence-corrected chi connectivity index (χ1v) is 13.8. The minimum atomic E-state index is -0.742. The third-order valence-corrected chi connectivity index (χ3v) is 5.51. The second-order valence-electron chi connectivity index (χ2n) is 8.30. The summed E-state index contributed by atoms with van der Waals surface area (Å²) in [5.74, 6) is -2.90. The summed E-state index contributed by atoms with van der Waals surface area (Å²) in [6, 6.07) is 28.8. The topological polar surface area (TPSA) is 24.1 Å². The first-order valence-electron chi connectivity index (χ1n) is 12.9. The van der Waals surface area contributed by atoms with Crippen molar-refractivity contribution >= 4 is 45.8 Å². The van der Waals surface area contributed by atoms with Crippen molar-refractivity contribution in [3.05, 3.63) is 120 Å². The van der Waals surface area contributed by atoms with Crippen LogP contribution >= 0.6 is 24.4 Å². The molecule has 0 aliphatic heterocycles. The second kappa shape index (κ2) is 24.0. The monoisotopic (exact) mass is 634 g/mol. The minimum absolute atomic E-state index is 0. The predicted molar refractivity (Wildman–Crippen MR) is 166 cm³/mol. The maximum absolute atomic E-state index is 13.1. The van der Waals surface area contributed by atoms with Gasteiger partial charge in [-0.3, -0.25) is 0 Å². The van der Waals surface area contributed by atoms with Gasteiger partial charge in [-0.1, -0.05) is 51.1 Å². The minimum Gasteiger partial charge on any atom is -0.400 e. The number of hydrogen-bond donors (Lipinski definition) is 2. The number of anilines is 2. The fourth-order valence-electron chi connectivity index (χ4n) is 2.82. The summed E-state index contributed by atoms with van der Waals surface area (Å²) in [7, 11) is 0. The van der Waals surface area contributed by atoms with E-state index in [-0.39, 0.29) is 33.1 Å². The molecule has 0 saturated heterocycles. The molecule has 0 heterocycles. The van der Waals surface area contributed by atoms with Crippen molar-refractivity contribution in [1.29, 1.82) is 0 Å². The van der Waals surface area contributed by atoms with Crippen LogP contribution in [-0.4, -0.2) is 9.98 Å². The van der Waals surface area contributed by atoms with Gasteiger partial charge in [0.25, 0.3) is 0 Å². The largest absolute Gasteiger partial charge is 4.00 e. The molecule has 0 unspecified atom stereocenters. The summed E-state index contributed by atoms with van der Waals surface area (Å²) in [5, 5.41) is 5.46. The van der Waals surface area contributed by atoms with Gasteiger partial charge in [0, 0.05) is 23.3 Å². The molecule has 2 N–H and O–H groups in total. The third-order valence-electron chi connectivity index (χ3n) is 4.90. The van der Waals surface area contributed by atoms with Crippen molar-refractivity contribution in [1.82, 2.24) is 0 Å². The SMILES string of the molecule is CCCCC(=S)Nc1ccc(F)[c-]c1F.CCCCC(=S)Nc1ccc(F)[c-]c1F.[Ti+4].c1cc[cH-]c1.c1cc[cH-]c1. The Balaban J connectivity index is 0.000000573. The van der Waals surface area contributed by atoms with E-state index in [0.29, 0.717) is 22.8 Å². The van der Waals surface area contributed by atoms with Crippen molar-refractivity contribution in [2.24, 2.45) is 0 Å². The number of hydrogen-bond acceptors (Lipinski definition) is 2. The summed E-state index contributed by atoms with van der Waals surface area (Å²) in [6.07, 6.45) is 5.39. The van der Waals surface area contributed by atoms with Crippen LogP contribution in [0.25, 0.3) is 0 Å². The summed E-state index contributed by atoms with van der Waals surface area (Å²) in [4.78, 5) is 1.13. The number of halogens is 4. The van der Waals surface area contributed by atoms with Gasteiger partial charge in [-0.15, -0.1) is 36.4 Å². The predicted octanol–water partition coefficient (Wildman–Crippen LogP) is 10.2. The van der Waals surface area contributed by atoms with Gasteiger partial charge in [-0.25, -0.2) is 41.8 Å². The van der Waals surface area contributed by atoms with Gasteiger partial charge in [0.2, 0.25) is 0 Å². The molecule has 4 aromatic rings. The van der Waals surface area contributed by atoms with Crippen LogP contribution in [0.1, 0.15) is 52.4 Å². The molecule has 0 aromatic heterocycles. The fraction of sp³-hybridized carbons (Fsp3) is 0.250. The van der Waals surface area contributed by atoms with Gasteiger partial charge in [-0.2, -0.15) is 36.4 Å². The Morgan fingerprint density at radius 2 is 1.00 bits per heavy atom. The number of benzene rings is 2. The molecule has 0 saturated carbocycles. The Morgan fingerprint density at radius 1 is 0.659 bits per heavy atom. The van der Waals surface area contributed by atoms with Crippen molar-refractivity contribution in [2.75, 3.05) is 10.6 Å². The average Bonchev–Trinajstić information content (AvgIpc) is 3.70. The van der Waals surface area contributed by atoms with Gasteiger partial charge in [0.15, 0.2) is 0 Å². The van der Waals surface area contributed by atoms with E-state index in [9.17, 15) is 17.6 Å². The van der Waals surface area contributed by atoms with E-state index in [0.717, 1.165) is 37.8 Å². The number of unbranched alkanes of at least 4 members (excludes halogenated alkanes) is 2. The molecule has 2 nitrogen and oxygen atoms in total. The zero-order valence-electron chi connectivity index (χ0n) is 23.2. The van der Waals surface area contributed by atoms with E-state index < -0.39 is 23.3 Å². The summed E-state index contributed by atoms with van der Waals surface area (Å²) < 4.78 is 51.3. The molecular formula is C32H34F4N2S2Ti. The van der Waals surface area contributed by atoms with Crippen LogP contribution < -0.4 is 10.6 Å². The Kier molecular flexibility index (Phi) is 22.5. The van der Waals surface area contributed by atoms with Gasteiger partial charge in [0.1, 0.15) is 0 Å². The van der Waals surface area contributed by atoms with E-state index in [4.69, 9.17) is 24.4 Å². The molecule has 0 amide bonds. The number of rotatable bonds is 8. The molecule has 41 heavy (non-hydrogen) atoms. The standard InChI is InChI=1S/2C11H12F2NS.2C5H5.Ti/c2*1-2-3-4-11(15)14-10-6-5-8(12)7-9(10)13;2*1-2-4-5-3-1;/h2*5-6H,2-4H2,1H3,(H,14,15);2*1-5H;/q4*-1;+4. The Hall–Kier alpha value is -2.65. The molecule has 0 aliphatic rings. The molecule has 0 radical (unpaired) electrons. The molecule has 216 valence electrons. The average molecular weight is 635 g/mol. The van der Waals surface area contributed by atoms with E-state index in [1.807, 2.05) is 72.8 Å². The second-order valence-corrected chi connectivity index (χ2v) is 9.28. The van der Waals surface area contributed by atoms with Gasteiger partial charge >= 0.3 is 21.7 Å². The zero-order chi connectivity index (χ0) is 29.6. The van der Waals surface area contributed by atoms with E-state index >= 15 is 0 Å². The smallest absolute Gasteiger partial charge is 0.400 e. The quantitative estimate of drug-likeness (QED) is 0.0872. The molecule has 0 fully saturated rings. The van der Waals surface area contributed by atoms with Crippen LogP contribution in [0, 0.1) is 35.4 Å². The number of nitrogens with one attached hydrogen (secondary N) is 2. The van der Waals surface area contributed by atoms with Crippen molar-refractivity contribution in [2.45, 2.75) is 52.4 Å². The molecule has 0 spiro atoms. The Bertz CT molecular complexity index is 1090. The van der Waals surface area contributed by atoms with Crippen molar-refractivity contribution < 1.29 is 39.3 Å². The first kappa shape index (κ1) is 38.4. The summed E-state index contributed by atoms with van der Waals surface area (Å²) in [6.45, 7) is 4.10. The van der Waals surface area contributed by atoms with Crippen molar-refractivity contribution in [3.8, 4) is 0 Å². The molecular weight excluding hydrogens is 600 g/mol. The number of thiocarbonyl (C=S) groups is 2. The maximum Gasteiger partial charge on any atom is 4.00 e. The fourth-order valence-corrected chi connectivity index (χ4v) is 3.33. The van der Waals surface area contributed by atoms with Crippen LogP contribution in [0.2, 0.25) is 0 Å². The van der Waals surface area contributed by atoms with Crippen LogP contribution in [0.3, 0.4) is 0 Å². The van der Waals surface area contributed by atoms with Gasteiger partial charge in [0.05, 0.1) is 9.98 Å². The maximum atomic E-state index is 13.1. The van der Waals surface area contributed by atoms with Gasteiger partial charge in [-0.05, 0) is 37.1 Å². The zero-order valence-corrected chi connectivity index (χ0v) is 26.3. The first-order chi connectivity index (χ1) is 19.3. The van der Waals surface area contributed by atoms with E-state index in [1.165, 1.54) is 12.1 Å². The van der Waals surface area contributed by atoms with E-state index in [2.05, 4.69) is 24.5 Å². The van der Waals surface area contributed by atoms with Gasteiger partial charge < -0.3 is 10.6 Å². The molecule has 9 heteroatoms. The Morgan fingerprint density at radius 3 is 1.24 bits per heavy atom. The molecule has 4 rings (SSSR count). The van der Waals surface area contributed by atoms with E-state index in [1.54, 1.807) is 0 Å². The summed E-state index contributed by atoms with van der Waals surface area (Å²) in [5.41, 5.74) is 0.356. The molecule has 0 atom stereocenters. The van der Waals surface area contributed by atoms with Crippen molar-refractivity contribution in [3.63, 3.8) is 0 Å². The third kappa shape index (κ3) is 19.2. The normalized spacial score (nSPS) is 9.32. The summed E-state index contributed by atoms with van der Waals surface area (Å²) >= 11 is 10.0.